The molecule has 18 heavy (non-hydrogen) atoms. The fourth-order valence-electron chi connectivity index (χ4n) is 1.50. The molecule has 1 rings (SSSR count). The number of nitrogens with zero attached hydrogens (tertiary/aromatic N) is 3. The van der Waals surface area contributed by atoms with Gasteiger partial charge >= 0.3 is 0 Å². The highest BCUT2D eigenvalue weighted by Gasteiger charge is 2.18. The van der Waals surface area contributed by atoms with Gasteiger partial charge in [0.1, 0.15) is 12.4 Å². The predicted octanol–water partition coefficient (Wildman–Crippen LogP) is 0.415. The van der Waals surface area contributed by atoms with E-state index in [2.05, 4.69) is 20.6 Å². The average Bonchev–Trinajstić information content (AvgIpc) is 2.37. The van der Waals surface area contributed by atoms with Crippen molar-refractivity contribution in [2.75, 3.05) is 38.9 Å². The highest BCUT2D eigenvalue weighted by Crippen LogP contribution is 2.28. The number of aromatic nitrogens is 2. The maximum Gasteiger partial charge on any atom is 0.244 e. The number of carbonyl (C=O) groups excluding carboxylic acids is 1. The molecule has 100 valence electrons. The van der Waals surface area contributed by atoms with Crippen LogP contribution in [-0.4, -0.2) is 55.1 Å². The minimum atomic E-state index is -0.395. The quantitative estimate of drug-likeness (QED) is 0.791. The summed E-state index contributed by atoms with van der Waals surface area (Å²) in [5, 5.41) is 5.91. The number of hydrogen-bond donors (Lipinski definition) is 2. The third-order valence-corrected chi connectivity index (χ3v) is 2.41. The van der Waals surface area contributed by atoms with Gasteiger partial charge in [0.2, 0.25) is 11.7 Å². The molecule has 0 aliphatic heterocycles. The van der Waals surface area contributed by atoms with E-state index in [4.69, 9.17) is 4.74 Å². The minimum Gasteiger partial charge on any atom is -0.490 e. The van der Waals surface area contributed by atoms with Gasteiger partial charge in [-0.05, 0) is 6.92 Å². The Morgan fingerprint density at radius 1 is 1.39 bits per heavy atom. The summed E-state index contributed by atoms with van der Waals surface area (Å²) in [4.78, 5) is 21.4. The lowest BCUT2D eigenvalue weighted by atomic mass is 10.3. The van der Waals surface area contributed by atoms with Gasteiger partial charge in [-0.3, -0.25) is 4.79 Å². The molecule has 0 aromatic carbocycles. The molecule has 7 heteroatoms. The van der Waals surface area contributed by atoms with Crippen molar-refractivity contribution in [3.63, 3.8) is 0 Å². The number of anilines is 2. The minimum absolute atomic E-state index is 0.0401. The molecule has 1 heterocycles. The second-order valence-corrected chi connectivity index (χ2v) is 3.95. The fraction of sp³-hybridized carbons (Fsp3) is 0.545. The van der Waals surface area contributed by atoms with Crippen molar-refractivity contribution in [1.82, 2.24) is 14.9 Å². The van der Waals surface area contributed by atoms with E-state index in [-0.39, 0.29) is 5.91 Å². The van der Waals surface area contributed by atoms with Gasteiger partial charge in [0.15, 0.2) is 11.6 Å². The normalized spacial score (nSPS) is 11.6. The largest absolute Gasteiger partial charge is 0.490 e. The highest BCUT2D eigenvalue weighted by atomic mass is 16.5. The van der Waals surface area contributed by atoms with Crippen molar-refractivity contribution >= 4 is 17.5 Å². The zero-order chi connectivity index (χ0) is 13.7. The third kappa shape index (κ3) is 2.99. The summed E-state index contributed by atoms with van der Waals surface area (Å²) < 4.78 is 5.23. The molecular weight excluding hydrogens is 234 g/mol. The van der Waals surface area contributed by atoms with Crippen molar-refractivity contribution in [3.8, 4) is 5.75 Å². The van der Waals surface area contributed by atoms with Crippen LogP contribution in [0.25, 0.3) is 0 Å². The molecule has 0 spiro atoms. The molecule has 0 saturated carbocycles. The lowest BCUT2D eigenvalue weighted by Crippen LogP contribution is -2.37. The SMILES string of the molecule is CNc1ncnc(NC(C)C(=O)N(C)C)c1OC. The van der Waals surface area contributed by atoms with Gasteiger partial charge < -0.3 is 20.3 Å². The number of rotatable bonds is 5. The van der Waals surface area contributed by atoms with Crippen molar-refractivity contribution in [2.45, 2.75) is 13.0 Å². The molecule has 0 bridgehead atoms. The van der Waals surface area contributed by atoms with Crippen LogP contribution >= 0.6 is 0 Å². The summed E-state index contributed by atoms with van der Waals surface area (Å²) in [6.45, 7) is 1.77. The Labute approximate surface area is 107 Å². The monoisotopic (exact) mass is 253 g/mol. The highest BCUT2D eigenvalue weighted by molar-refractivity contribution is 5.84. The number of methoxy groups -OCH3 is 1. The molecule has 1 aromatic rings. The van der Waals surface area contributed by atoms with Crippen LogP contribution in [0, 0.1) is 0 Å². The molecule has 0 fully saturated rings. The summed E-state index contributed by atoms with van der Waals surface area (Å²) in [6.07, 6.45) is 1.41. The van der Waals surface area contributed by atoms with E-state index in [1.54, 1.807) is 28.1 Å². The van der Waals surface area contributed by atoms with Crippen LogP contribution in [-0.2, 0) is 4.79 Å². The van der Waals surface area contributed by atoms with Gasteiger partial charge in [0.05, 0.1) is 7.11 Å². The Morgan fingerprint density at radius 2 is 2.00 bits per heavy atom. The third-order valence-electron chi connectivity index (χ3n) is 2.41. The molecule has 0 aliphatic carbocycles. The van der Waals surface area contributed by atoms with Gasteiger partial charge in [0, 0.05) is 21.1 Å². The first-order valence-corrected chi connectivity index (χ1v) is 5.55. The van der Waals surface area contributed by atoms with E-state index >= 15 is 0 Å². The van der Waals surface area contributed by atoms with Crippen molar-refractivity contribution in [2.24, 2.45) is 0 Å². The molecule has 0 radical (unpaired) electrons. The molecule has 0 saturated heterocycles. The summed E-state index contributed by atoms with van der Waals surface area (Å²) in [5.74, 6) is 1.50. The zero-order valence-electron chi connectivity index (χ0n) is 11.3. The van der Waals surface area contributed by atoms with Gasteiger partial charge in [-0.2, -0.15) is 0 Å². The molecule has 0 aliphatic rings. The molecule has 1 unspecified atom stereocenters. The molecule has 1 atom stereocenters. The van der Waals surface area contributed by atoms with Crippen LogP contribution in [0.1, 0.15) is 6.92 Å². The maximum absolute atomic E-state index is 11.8. The van der Waals surface area contributed by atoms with E-state index in [0.29, 0.717) is 17.4 Å². The number of hydrogen-bond acceptors (Lipinski definition) is 6. The molecule has 1 amide bonds. The van der Waals surface area contributed by atoms with E-state index in [9.17, 15) is 4.79 Å². The topological polar surface area (TPSA) is 79.4 Å². The second-order valence-electron chi connectivity index (χ2n) is 3.95. The lowest BCUT2D eigenvalue weighted by Gasteiger charge is -2.20. The number of carbonyl (C=O) groups is 1. The van der Waals surface area contributed by atoms with Crippen LogP contribution in [0.2, 0.25) is 0 Å². The van der Waals surface area contributed by atoms with E-state index in [1.165, 1.54) is 18.3 Å². The van der Waals surface area contributed by atoms with Crippen molar-refractivity contribution in [3.05, 3.63) is 6.33 Å². The molecule has 2 N–H and O–H groups in total. The lowest BCUT2D eigenvalue weighted by molar-refractivity contribution is -0.129. The number of nitrogens with one attached hydrogen (secondary N) is 2. The van der Waals surface area contributed by atoms with Crippen LogP contribution in [0.4, 0.5) is 11.6 Å². The van der Waals surface area contributed by atoms with Crippen molar-refractivity contribution in [1.29, 1.82) is 0 Å². The Kier molecular flexibility index (Phi) is 4.70. The first-order chi connectivity index (χ1) is 8.51. The van der Waals surface area contributed by atoms with Crippen LogP contribution < -0.4 is 15.4 Å². The van der Waals surface area contributed by atoms with E-state index in [0.717, 1.165) is 0 Å². The van der Waals surface area contributed by atoms with Gasteiger partial charge in [0.25, 0.3) is 0 Å². The number of likely N-dealkylation sites (N-methyl/N-ethyl adjacent to an activating group) is 1. The Balaban J connectivity index is 2.94. The zero-order valence-corrected chi connectivity index (χ0v) is 11.3. The maximum atomic E-state index is 11.8. The Hall–Kier alpha value is -2.05. The summed E-state index contributed by atoms with van der Waals surface area (Å²) in [7, 11) is 6.68. The van der Waals surface area contributed by atoms with Gasteiger partial charge in [-0.25, -0.2) is 9.97 Å². The molecular formula is C11H19N5O2. The summed E-state index contributed by atoms with van der Waals surface area (Å²) >= 11 is 0. The van der Waals surface area contributed by atoms with Crippen molar-refractivity contribution < 1.29 is 9.53 Å². The number of ether oxygens (including phenoxy) is 1. The summed E-state index contributed by atoms with van der Waals surface area (Å²) in [6, 6.07) is -0.395. The van der Waals surface area contributed by atoms with E-state index in [1.807, 2.05) is 0 Å². The number of amides is 1. The van der Waals surface area contributed by atoms with Gasteiger partial charge in [-0.15, -0.1) is 0 Å². The Bertz CT molecular complexity index is 422. The molecule has 1 aromatic heterocycles. The van der Waals surface area contributed by atoms with Crippen LogP contribution in [0.3, 0.4) is 0 Å². The standard InChI is InChI=1S/C11H19N5O2/c1-7(11(17)16(3)4)15-10-8(18-5)9(12-2)13-6-14-10/h6-7H,1-5H3,(H2,12,13,14,15). The second kappa shape index (κ2) is 6.04. The van der Waals surface area contributed by atoms with Gasteiger partial charge in [-0.1, -0.05) is 0 Å². The Morgan fingerprint density at radius 3 is 2.50 bits per heavy atom. The smallest absolute Gasteiger partial charge is 0.244 e. The predicted molar refractivity (Wildman–Crippen MR) is 69.9 cm³/mol. The molecule has 7 nitrogen and oxygen atoms in total. The first kappa shape index (κ1) is 14.0. The average molecular weight is 253 g/mol. The summed E-state index contributed by atoms with van der Waals surface area (Å²) in [5.41, 5.74) is 0. The van der Waals surface area contributed by atoms with Crippen LogP contribution in [0.5, 0.6) is 5.75 Å². The van der Waals surface area contributed by atoms with E-state index < -0.39 is 6.04 Å². The fourth-order valence-corrected chi connectivity index (χ4v) is 1.50. The first-order valence-electron chi connectivity index (χ1n) is 5.55. The van der Waals surface area contributed by atoms with Crippen LogP contribution in [0.15, 0.2) is 6.33 Å².